The summed E-state index contributed by atoms with van der Waals surface area (Å²) < 4.78 is 1.75. The molecule has 0 fully saturated rings. The second-order valence-corrected chi connectivity index (χ2v) is 6.89. The number of hydrogen-bond donors (Lipinski definition) is 0. The largest absolute Gasteiger partial charge is 0.298 e. The lowest BCUT2D eigenvalue weighted by atomic mass is 10.2. The van der Waals surface area contributed by atoms with Crippen LogP contribution >= 0.6 is 11.9 Å². The van der Waals surface area contributed by atoms with Crippen molar-refractivity contribution in [2.75, 3.05) is 0 Å². The lowest BCUT2D eigenvalue weighted by Crippen LogP contribution is -2.23. The molecule has 0 aliphatic heterocycles. The molecule has 0 atom stereocenters. The Morgan fingerprint density at radius 1 is 0.926 bits per heavy atom. The maximum atomic E-state index is 11.4. The van der Waals surface area contributed by atoms with E-state index in [2.05, 4.69) is 0 Å². The first-order valence-electron chi connectivity index (χ1n) is 7.80. The maximum Gasteiger partial charge on any atom is 0.298 e. The normalized spacial score (nSPS) is 11.0. The van der Waals surface area contributed by atoms with Crippen LogP contribution in [0.15, 0.2) is 47.4 Å². The van der Waals surface area contributed by atoms with Crippen LogP contribution in [0.5, 0.6) is 0 Å². The first-order valence-corrected chi connectivity index (χ1v) is 8.57. The summed E-state index contributed by atoms with van der Waals surface area (Å²) in [5, 5.41) is 33.8. The van der Waals surface area contributed by atoms with Crippen LogP contribution in [0.2, 0.25) is 0 Å². The Morgan fingerprint density at radius 2 is 1.44 bits per heavy atom. The van der Waals surface area contributed by atoms with Gasteiger partial charge in [0.2, 0.25) is 0 Å². The van der Waals surface area contributed by atoms with Gasteiger partial charge >= 0.3 is 0 Å². The van der Waals surface area contributed by atoms with E-state index < -0.39 is 31.8 Å². The number of nitrogens with zero attached hydrogens (tertiary/aromatic N) is 4. The van der Waals surface area contributed by atoms with Crippen molar-refractivity contribution in [1.29, 1.82) is 0 Å². The fourth-order valence-electron chi connectivity index (χ4n) is 2.26. The lowest BCUT2D eigenvalue weighted by Gasteiger charge is -2.24. The Hall–Kier alpha value is -3.05. The molecule has 0 amide bonds. The van der Waals surface area contributed by atoms with E-state index in [0.717, 1.165) is 29.6 Å². The number of non-ortho nitro benzene ring substituents is 1. The van der Waals surface area contributed by atoms with Gasteiger partial charge in [0.25, 0.3) is 17.1 Å². The summed E-state index contributed by atoms with van der Waals surface area (Å²) in [5.41, 5.74) is -1.11. The van der Waals surface area contributed by atoms with Gasteiger partial charge in [0, 0.05) is 12.6 Å². The predicted octanol–water partition coefficient (Wildman–Crippen LogP) is 4.33. The minimum atomic E-state index is -0.890. The second-order valence-electron chi connectivity index (χ2n) is 5.83. The van der Waals surface area contributed by atoms with Gasteiger partial charge in [-0.15, -0.1) is 0 Å². The Labute approximate surface area is 158 Å². The molecule has 0 saturated heterocycles. The van der Waals surface area contributed by atoms with Crippen LogP contribution in [0.4, 0.5) is 17.1 Å². The van der Waals surface area contributed by atoms with Crippen LogP contribution in [0.3, 0.4) is 0 Å². The van der Waals surface area contributed by atoms with Crippen LogP contribution < -0.4 is 0 Å². The highest BCUT2D eigenvalue weighted by Crippen LogP contribution is 2.43. The van der Waals surface area contributed by atoms with Crippen molar-refractivity contribution in [3.63, 3.8) is 0 Å². The molecule has 0 saturated carbocycles. The van der Waals surface area contributed by atoms with Crippen LogP contribution in [-0.2, 0) is 6.54 Å². The molecule has 10 nitrogen and oxygen atoms in total. The van der Waals surface area contributed by atoms with Gasteiger partial charge in [-0.05, 0) is 31.4 Å². The van der Waals surface area contributed by atoms with E-state index in [0.29, 0.717) is 6.54 Å². The molecule has 2 aromatic carbocycles. The predicted molar refractivity (Wildman–Crippen MR) is 99.4 cm³/mol. The minimum Gasteiger partial charge on any atom is -0.258 e. The molecule has 0 heterocycles. The summed E-state index contributed by atoms with van der Waals surface area (Å²) in [6.07, 6.45) is 0. The first-order chi connectivity index (χ1) is 12.7. The molecule has 27 heavy (non-hydrogen) atoms. The van der Waals surface area contributed by atoms with E-state index in [4.69, 9.17) is 0 Å². The number of nitro groups is 3. The fraction of sp³-hybridized carbons (Fsp3) is 0.250. The molecule has 2 rings (SSSR count). The summed E-state index contributed by atoms with van der Waals surface area (Å²) in [6, 6.07) is 10.7. The van der Waals surface area contributed by atoms with E-state index in [-0.39, 0.29) is 10.9 Å². The molecule has 2 aromatic rings. The highest BCUT2D eigenvalue weighted by Gasteiger charge is 2.33. The van der Waals surface area contributed by atoms with Gasteiger partial charge in [0.1, 0.15) is 0 Å². The summed E-state index contributed by atoms with van der Waals surface area (Å²) >= 11 is 0.849. The third-order valence-corrected chi connectivity index (χ3v) is 4.99. The van der Waals surface area contributed by atoms with Gasteiger partial charge in [0.15, 0.2) is 4.90 Å². The van der Waals surface area contributed by atoms with Gasteiger partial charge in [0.05, 0.1) is 26.9 Å². The Balaban J connectivity index is 2.52. The molecule has 0 unspecified atom stereocenters. The van der Waals surface area contributed by atoms with Gasteiger partial charge in [-0.25, -0.2) is 4.31 Å². The lowest BCUT2D eigenvalue weighted by molar-refractivity contribution is -0.407. The summed E-state index contributed by atoms with van der Waals surface area (Å²) in [5.74, 6) is 0. The number of nitro benzene ring substituents is 3. The zero-order chi connectivity index (χ0) is 20.1. The van der Waals surface area contributed by atoms with Crippen molar-refractivity contribution in [2.45, 2.75) is 31.3 Å². The highest BCUT2D eigenvalue weighted by atomic mass is 32.2. The fourth-order valence-corrected chi connectivity index (χ4v) is 3.37. The van der Waals surface area contributed by atoms with Gasteiger partial charge in [-0.3, -0.25) is 30.3 Å². The quantitative estimate of drug-likeness (QED) is 0.368. The van der Waals surface area contributed by atoms with Crippen molar-refractivity contribution in [1.82, 2.24) is 4.31 Å². The van der Waals surface area contributed by atoms with Crippen molar-refractivity contribution in [3.8, 4) is 0 Å². The van der Waals surface area contributed by atoms with Crippen LogP contribution in [0, 0.1) is 30.3 Å². The van der Waals surface area contributed by atoms with Crippen LogP contribution in [0.25, 0.3) is 0 Å². The Kier molecular flexibility index (Phi) is 6.42. The van der Waals surface area contributed by atoms with Crippen molar-refractivity contribution >= 4 is 29.0 Å². The number of benzene rings is 2. The summed E-state index contributed by atoms with van der Waals surface area (Å²) in [6.45, 7) is 4.08. The first kappa shape index (κ1) is 20.3. The van der Waals surface area contributed by atoms with Gasteiger partial charge in [-0.1, -0.05) is 30.3 Å². The second kappa shape index (κ2) is 8.56. The zero-order valence-corrected chi connectivity index (χ0v) is 15.3. The molecular weight excluding hydrogens is 376 g/mol. The summed E-state index contributed by atoms with van der Waals surface area (Å²) in [4.78, 5) is 31.0. The van der Waals surface area contributed by atoms with E-state index in [9.17, 15) is 30.3 Å². The molecular formula is C16H16N4O6S. The minimum absolute atomic E-state index is 0.107. The smallest absolute Gasteiger partial charge is 0.258 e. The average molecular weight is 392 g/mol. The molecule has 11 heteroatoms. The van der Waals surface area contributed by atoms with E-state index in [1.54, 1.807) is 4.31 Å². The summed E-state index contributed by atoms with van der Waals surface area (Å²) in [7, 11) is 0. The molecule has 0 spiro atoms. The average Bonchev–Trinajstić information content (AvgIpc) is 2.61. The molecule has 0 aliphatic rings. The Bertz CT molecular complexity index is 839. The molecule has 0 N–H and O–H groups in total. The monoisotopic (exact) mass is 392 g/mol. The molecule has 142 valence electrons. The van der Waals surface area contributed by atoms with Crippen molar-refractivity contribution in [2.24, 2.45) is 0 Å². The third kappa shape index (κ3) is 4.99. The molecule has 0 bridgehead atoms. The van der Waals surface area contributed by atoms with E-state index in [1.807, 2.05) is 44.2 Å². The molecule has 0 aliphatic carbocycles. The number of rotatable bonds is 8. The number of hydrogen-bond acceptors (Lipinski definition) is 8. The standard InChI is InChI=1S/C16H16N4O6S/c1-11(2)17(10-12-6-4-3-5-7-12)27-16-14(19(23)24)8-13(18(21)22)9-15(16)20(25)26/h3-9,11H,10H2,1-2H3. The van der Waals surface area contributed by atoms with E-state index in [1.165, 1.54) is 0 Å². The maximum absolute atomic E-state index is 11.4. The van der Waals surface area contributed by atoms with Crippen molar-refractivity contribution < 1.29 is 14.8 Å². The van der Waals surface area contributed by atoms with E-state index >= 15 is 0 Å². The van der Waals surface area contributed by atoms with Gasteiger partial charge < -0.3 is 0 Å². The third-order valence-electron chi connectivity index (χ3n) is 3.60. The van der Waals surface area contributed by atoms with Gasteiger partial charge in [-0.2, -0.15) is 0 Å². The Morgan fingerprint density at radius 3 is 1.85 bits per heavy atom. The molecule has 0 radical (unpaired) electrons. The molecule has 0 aromatic heterocycles. The SMILES string of the molecule is CC(C)N(Cc1ccccc1)Sc1c([N+](=O)[O-])cc([N+](=O)[O-])cc1[N+](=O)[O-]. The van der Waals surface area contributed by atoms with Crippen molar-refractivity contribution in [3.05, 3.63) is 78.4 Å². The van der Waals surface area contributed by atoms with Crippen LogP contribution in [0.1, 0.15) is 19.4 Å². The van der Waals surface area contributed by atoms with Crippen LogP contribution in [-0.4, -0.2) is 25.1 Å². The highest BCUT2D eigenvalue weighted by molar-refractivity contribution is 7.97. The zero-order valence-electron chi connectivity index (χ0n) is 14.5. The topological polar surface area (TPSA) is 133 Å².